The molecule has 1 amide bonds. The summed E-state index contributed by atoms with van der Waals surface area (Å²) in [6.45, 7) is 11.2. The van der Waals surface area contributed by atoms with E-state index in [0.717, 1.165) is 27.8 Å². The molecule has 0 radical (unpaired) electrons. The molecular weight excluding hydrogens is 581 g/mol. The van der Waals surface area contributed by atoms with Gasteiger partial charge in [-0.25, -0.2) is 9.36 Å². The molecule has 0 spiro atoms. The Morgan fingerprint density at radius 3 is 1.64 bits per heavy atom. The Labute approximate surface area is 260 Å². The largest absolute Gasteiger partial charge is 0.507 e. The van der Waals surface area contributed by atoms with Gasteiger partial charge in [-0.05, 0) is 45.1 Å². The second-order valence-electron chi connectivity index (χ2n) is 12.8. The van der Waals surface area contributed by atoms with E-state index in [0.29, 0.717) is 6.42 Å². The predicted octanol–water partition coefficient (Wildman–Crippen LogP) is 7.05. The Morgan fingerprint density at radius 1 is 0.773 bits per heavy atom. The Balaban J connectivity index is 1.68. The van der Waals surface area contributed by atoms with Crippen LogP contribution in [0.2, 0.25) is 0 Å². The number of hydrogen-bond donors (Lipinski definition) is 3. The van der Waals surface area contributed by atoms with Crippen molar-refractivity contribution in [2.75, 3.05) is 6.61 Å². The van der Waals surface area contributed by atoms with Crippen molar-refractivity contribution in [3.05, 3.63) is 101 Å². The number of aromatic hydroxyl groups is 1. The number of amides is 1. The molecule has 0 saturated heterocycles. The van der Waals surface area contributed by atoms with Gasteiger partial charge in [-0.1, -0.05) is 114 Å². The van der Waals surface area contributed by atoms with Crippen molar-refractivity contribution in [1.82, 2.24) is 5.32 Å². The summed E-state index contributed by atoms with van der Waals surface area (Å²) in [4.78, 5) is 24.9. The van der Waals surface area contributed by atoms with Crippen LogP contribution < -0.4 is 5.32 Å². The summed E-state index contributed by atoms with van der Waals surface area (Å²) < 4.78 is 30.1. The molecule has 0 aliphatic rings. The fourth-order valence-corrected chi connectivity index (χ4v) is 5.58. The van der Waals surface area contributed by atoms with E-state index in [-0.39, 0.29) is 36.2 Å². The van der Waals surface area contributed by atoms with Gasteiger partial charge in [-0.15, -0.1) is 0 Å². The van der Waals surface area contributed by atoms with Crippen LogP contribution in [0, 0.1) is 0 Å². The molecule has 9 nitrogen and oxygen atoms in total. The van der Waals surface area contributed by atoms with Gasteiger partial charge < -0.3 is 15.5 Å². The van der Waals surface area contributed by atoms with Gasteiger partial charge in [0.2, 0.25) is 5.91 Å². The number of carboxylic acid groups (broad SMARTS) is 1. The van der Waals surface area contributed by atoms with Gasteiger partial charge in [0, 0.05) is 6.42 Å². The Kier molecular flexibility index (Phi) is 11.9. The number of hydrogen-bond acceptors (Lipinski definition) is 7. The monoisotopic (exact) mass is 625 g/mol. The maximum atomic E-state index is 13.5. The second-order valence-corrected chi connectivity index (χ2v) is 14.4. The molecule has 0 aliphatic carbocycles. The van der Waals surface area contributed by atoms with Crippen molar-refractivity contribution in [3.63, 3.8) is 0 Å². The molecule has 0 bridgehead atoms. The molecule has 3 aromatic rings. The van der Waals surface area contributed by atoms with Crippen molar-refractivity contribution in [2.24, 2.45) is 0 Å². The number of rotatable bonds is 14. The van der Waals surface area contributed by atoms with Gasteiger partial charge in [-0.3, -0.25) is 18.4 Å². The maximum absolute atomic E-state index is 13.5. The number of phosphoric acid groups is 1. The fraction of sp³-hybridized carbons (Fsp3) is 0.412. The zero-order valence-corrected chi connectivity index (χ0v) is 27.2. The molecule has 0 aliphatic heterocycles. The summed E-state index contributed by atoms with van der Waals surface area (Å²) in [6.07, 6.45) is 0.318. The lowest BCUT2D eigenvalue weighted by molar-refractivity contribution is -0.142. The molecule has 0 aromatic heterocycles. The molecule has 3 rings (SSSR count). The van der Waals surface area contributed by atoms with Crippen molar-refractivity contribution in [2.45, 2.75) is 84.5 Å². The highest BCUT2D eigenvalue weighted by molar-refractivity contribution is 7.48. The minimum atomic E-state index is -4.24. The lowest BCUT2D eigenvalue weighted by atomic mass is 9.78. The third-order valence-electron chi connectivity index (χ3n) is 6.92. The van der Waals surface area contributed by atoms with Gasteiger partial charge in [0.25, 0.3) is 0 Å². The van der Waals surface area contributed by atoms with E-state index in [2.05, 4.69) is 5.32 Å². The van der Waals surface area contributed by atoms with Crippen molar-refractivity contribution in [3.8, 4) is 5.75 Å². The summed E-state index contributed by atoms with van der Waals surface area (Å²) in [6, 6.07) is 20.3. The minimum absolute atomic E-state index is 0.00556. The van der Waals surface area contributed by atoms with E-state index in [1.807, 2.05) is 65.8 Å². The number of nitrogens with one attached hydrogen (secondary N) is 1. The normalized spacial score (nSPS) is 13.0. The molecule has 0 fully saturated rings. The molecule has 0 saturated carbocycles. The van der Waals surface area contributed by atoms with Gasteiger partial charge in [0.05, 0.1) is 19.8 Å². The highest BCUT2D eigenvalue weighted by atomic mass is 31.2. The van der Waals surface area contributed by atoms with E-state index in [4.69, 9.17) is 13.6 Å². The number of carbonyl (C=O) groups excluding carboxylic acids is 1. The summed E-state index contributed by atoms with van der Waals surface area (Å²) in [5, 5.41) is 23.2. The molecule has 3 N–H and O–H groups in total. The number of carbonyl (C=O) groups is 2. The van der Waals surface area contributed by atoms with Crippen LogP contribution in [0.3, 0.4) is 0 Å². The van der Waals surface area contributed by atoms with Gasteiger partial charge in [0.15, 0.2) is 6.04 Å². The number of carboxylic acids is 1. The fourth-order valence-electron chi connectivity index (χ4n) is 4.41. The second kappa shape index (κ2) is 15.0. The molecule has 238 valence electrons. The zero-order chi connectivity index (χ0) is 32.5. The lowest BCUT2D eigenvalue weighted by Crippen LogP contribution is -2.44. The number of aryl methyl sites for hydroxylation is 1. The molecule has 10 heteroatoms. The average Bonchev–Trinajstić information content (AvgIpc) is 2.96. The van der Waals surface area contributed by atoms with Gasteiger partial charge >= 0.3 is 13.8 Å². The smallest absolute Gasteiger partial charge is 0.475 e. The van der Waals surface area contributed by atoms with Crippen molar-refractivity contribution >= 4 is 19.7 Å². The molecule has 1 atom stereocenters. The number of benzene rings is 3. The highest BCUT2D eigenvalue weighted by Crippen LogP contribution is 2.51. The third-order valence-corrected chi connectivity index (χ3v) is 8.28. The Bertz CT molecular complexity index is 1360. The van der Waals surface area contributed by atoms with E-state index in [1.54, 1.807) is 48.5 Å². The summed E-state index contributed by atoms with van der Waals surface area (Å²) in [5.74, 6) is -1.63. The van der Waals surface area contributed by atoms with Crippen LogP contribution >= 0.6 is 7.82 Å². The number of phenolic OH excluding ortho intramolecular Hbond substituents is 1. The van der Waals surface area contributed by atoms with Crippen LogP contribution in [-0.2, 0) is 58.2 Å². The van der Waals surface area contributed by atoms with Crippen LogP contribution in [0.4, 0.5) is 0 Å². The molecule has 0 heterocycles. The molecule has 44 heavy (non-hydrogen) atoms. The summed E-state index contributed by atoms with van der Waals surface area (Å²) in [5.41, 5.74) is 3.20. The first-order chi connectivity index (χ1) is 20.6. The lowest BCUT2D eigenvalue weighted by Gasteiger charge is -2.28. The van der Waals surface area contributed by atoms with E-state index in [1.165, 1.54) is 0 Å². The SMILES string of the molecule is CC(C)(C)c1cc(CCC(=O)NC(COP(=O)(OCc2ccccc2)OCc2ccccc2)C(=O)O)cc(C(C)(C)C)c1O. The molecule has 1 unspecified atom stereocenters. The van der Waals surface area contributed by atoms with E-state index >= 15 is 0 Å². The number of phosphoric ester groups is 1. The maximum Gasteiger partial charge on any atom is 0.475 e. The molecular formula is C34H44NO8P. The summed E-state index contributed by atoms with van der Waals surface area (Å²) in [7, 11) is -4.24. The predicted molar refractivity (Wildman–Crippen MR) is 169 cm³/mol. The Morgan fingerprint density at radius 2 is 1.23 bits per heavy atom. The van der Waals surface area contributed by atoms with Crippen LogP contribution in [0.15, 0.2) is 72.8 Å². The first-order valence-corrected chi connectivity index (χ1v) is 16.0. The zero-order valence-electron chi connectivity index (χ0n) is 26.3. The van der Waals surface area contributed by atoms with Crippen LogP contribution in [0.1, 0.15) is 75.8 Å². The van der Waals surface area contributed by atoms with Gasteiger partial charge in [0.1, 0.15) is 5.75 Å². The van der Waals surface area contributed by atoms with Crippen LogP contribution in [0.5, 0.6) is 5.75 Å². The molecule has 3 aromatic carbocycles. The average molecular weight is 626 g/mol. The van der Waals surface area contributed by atoms with Crippen LogP contribution in [0.25, 0.3) is 0 Å². The van der Waals surface area contributed by atoms with E-state index < -0.39 is 32.3 Å². The highest BCUT2D eigenvalue weighted by Gasteiger charge is 2.32. The standard InChI is InChI=1S/C34H44NO8P/c1-33(2,3)27-19-26(20-28(31(27)37)34(4,5)6)17-18-30(36)35-29(32(38)39)23-43-44(40,41-21-24-13-9-7-10-14-24)42-22-25-15-11-8-12-16-25/h7-16,19-20,29,37H,17-18,21-23H2,1-6H3,(H,35,36)(H,38,39). The quantitative estimate of drug-likeness (QED) is 0.163. The van der Waals surface area contributed by atoms with Crippen molar-refractivity contribution < 1.29 is 37.9 Å². The minimum Gasteiger partial charge on any atom is -0.507 e. The topological polar surface area (TPSA) is 131 Å². The van der Waals surface area contributed by atoms with Crippen LogP contribution in [-0.4, -0.2) is 34.7 Å². The first-order valence-electron chi connectivity index (χ1n) is 14.6. The van der Waals surface area contributed by atoms with Crippen molar-refractivity contribution in [1.29, 1.82) is 0 Å². The Hall–Kier alpha value is -3.49. The van der Waals surface area contributed by atoms with E-state index in [9.17, 15) is 24.4 Å². The summed E-state index contributed by atoms with van der Waals surface area (Å²) >= 11 is 0. The number of aliphatic carboxylic acids is 1. The number of phenols is 1. The third kappa shape index (κ3) is 10.6. The van der Waals surface area contributed by atoms with Gasteiger partial charge in [-0.2, -0.15) is 0 Å². The first kappa shape index (κ1) is 35.0.